The average molecular weight is 674 g/mol. The van der Waals surface area contributed by atoms with Crippen molar-refractivity contribution in [3.63, 3.8) is 0 Å². The molecule has 0 amide bonds. The van der Waals surface area contributed by atoms with Crippen LogP contribution >= 0.6 is 23.6 Å². The van der Waals surface area contributed by atoms with E-state index in [1.54, 1.807) is 0 Å². The first-order valence-corrected chi connectivity index (χ1v) is 24.9. The van der Waals surface area contributed by atoms with E-state index >= 15 is 0 Å². The first kappa shape index (κ1) is 33.4. The van der Waals surface area contributed by atoms with Gasteiger partial charge in [0.2, 0.25) is 0 Å². The molecule has 7 saturated heterocycles. The van der Waals surface area contributed by atoms with Crippen LogP contribution in [0.1, 0.15) is 110 Å². The molecule has 44 heavy (non-hydrogen) atoms. The Balaban J connectivity index is 1.38. The Bertz CT molecular complexity index is 908. The van der Waals surface area contributed by atoms with E-state index in [-0.39, 0.29) is 0 Å². The van der Waals surface area contributed by atoms with Crippen molar-refractivity contribution >= 4 is 23.6 Å². The number of hydrogen-bond acceptors (Lipinski definition) is 9. The Kier molecular flexibility index (Phi) is 11.0. The molecule has 12 heteroatoms. The van der Waals surface area contributed by atoms with Crippen molar-refractivity contribution in [2.45, 2.75) is 110 Å². The molecule has 0 radical (unpaired) electrons. The minimum absolute atomic E-state index is 0.866. The Hall–Kier alpha value is 0.930. The third-order valence-corrected chi connectivity index (χ3v) is 30.3. The van der Waals surface area contributed by atoms with Crippen LogP contribution in [-0.2, 0) is 0 Å². The zero-order chi connectivity index (χ0) is 30.2. The van der Waals surface area contributed by atoms with Gasteiger partial charge in [0.05, 0.1) is 0 Å². The van der Waals surface area contributed by atoms with Crippen LogP contribution in [-0.4, -0.2) is 118 Å². The van der Waals surface area contributed by atoms with Crippen LogP contribution in [0.5, 0.6) is 0 Å². The molecule has 7 aliphatic rings. The second-order valence-electron chi connectivity index (χ2n) is 15.8. The first-order chi connectivity index (χ1) is 21.5. The SMILES string of the molecule is CCCCC1CCN([PH]2(N3CCCC3)N[PH](N3CCCC3)(N3CCCC3)N(C)[PH](N3CCCC3)(N3CCC(C)CC3)N2)CC1. The Morgan fingerprint density at radius 3 is 1.32 bits per heavy atom. The summed E-state index contributed by atoms with van der Waals surface area (Å²) in [7, 11) is -4.62. The van der Waals surface area contributed by atoms with Gasteiger partial charge in [-0.1, -0.05) is 0 Å². The van der Waals surface area contributed by atoms with E-state index in [1.807, 2.05) is 0 Å². The fourth-order valence-electron chi connectivity index (χ4n) is 10.5. The maximum absolute atomic E-state index is 5.01. The molecule has 7 heterocycles. The molecule has 0 aliphatic carbocycles. The molecule has 0 aromatic heterocycles. The average Bonchev–Trinajstić information content (AvgIpc) is 3.90. The van der Waals surface area contributed by atoms with Gasteiger partial charge in [-0.15, -0.1) is 0 Å². The number of unbranched alkanes of at least 4 members (excludes halogenated alkanes) is 1. The van der Waals surface area contributed by atoms with Crippen molar-refractivity contribution < 1.29 is 0 Å². The van der Waals surface area contributed by atoms with E-state index in [2.05, 4.69) is 53.4 Å². The standard InChI is InChI=1S/C32H70N9P3/c1-4-5-14-32-17-29-37(30-18-32)42(36-19-6-7-20-36)33-43(38-21-8-9-22-38,39-23-10-11-24-39)35(3)44(34-42,40-25-12-13-26-40)41-27-15-31(2)16-28-41/h31-34,42-44H,4-30H2,1-3H3. The van der Waals surface area contributed by atoms with Gasteiger partial charge in [0.1, 0.15) is 0 Å². The van der Waals surface area contributed by atoms with E-state index in [0.717, 1.165) is 11.8 Å². The van der Waals surface area contributed by atoms with Gasteiger partial charge in [-0.3, -0.25) is 0 Å². The van der Waals surface area contributed by atoms with Gasteiger partial charge in [-0.25, -0.2) is 0 Å². The predicted molar refractivity (Wildman–Crippen MR) is 196 cm³/mol. The molecule has 7 fully saturated rings. The maximum atomic E-state index is 5.01. The van der Waals surface area contributed by atoms with Gasteiger partial charge < -0.3 is 0 Å². The molecule has 0 atom stereocenters. The van der Waals surface area contributed by atoms with Crippen LogP contribution < -0.4 is 9.72 Å². The molecule has 7 rings (SSSR count). The van der Waals surface area contributed by atoms with Crippen molar-refractivity contribution in [2.75, 3.05) is 85.6 Å². The number of nitrogens with one attached hydrogen (secondary N) is 2. The van der Waals surface area contributed by atoms with Crippen LogP contribution in [0.2, 0.25) is 0 Å². The summed E-state index contributed by atoms with van der Waals surface area (Å²) in [5.41, 5.74) is 0. The van der Waals surface area contributed by atoms with Gasteiger partial charge >= 0.3 is 273 Å². The van der Waals surface area contributed by atoms with Gasteiger partial charge in [0, 0.05) is 0 Å². The molecule has 0 unspecified atom stereocenters. The Labute approximate surface area is 272 Å². The van der Waals surface area contributed by atoms with Crippen molar-refractivity contribution in [2.24, 2.45) is 11.8 Å². The van der Waals surface area contributed by atoms with Crippen molar-refractivity contribution in [1.29, 1.82) is 0 Å². The summed E-state index contributed by atoms with van der Waals surface area (Å²) in [6, 6.07) is 0. The molecule has 2 N–H and O–H groups in total. The third kappa shape index (κ3) is 5.92. The number of rotatable bonds is 9. The zero-order valence-electron chi connectivity index (χ0n) is 28.9. The van der Waals surface area contributed by atoms with Gasteiger partial charge in [0.25, 0.3) is 0 Å². The number of piperidine rings is 2. The fourth-order valence-corrected chi connectivity index (χ4v) is 34.3. The molecule has 0 spiro atoms. The summed E-state index contributed by atoms with van der Waals surface area (Å²) in [4.78, 5) is 9.99. The van der Waals surface area contributed by atoms with Crippen LogP contribution in [0, 0.1) is 11.8 Å². The van der Waals surface area contributed by atoms with Crippen molar-refractivity contribution in [1.82, 2.24) is 42.2 Å². The van der Waals surface area contributed by atoms with Gasteiger partial charge in [-0.05, 0) is 0 Å². The zero-order valence-corrected chi connectivity index (χ0v) is 31.9. The quantitative estimate of drug-likeness (QED) is 0.273. The molecule has 258 valence electrons. The second kappa shape index (κ2) is 14.4. The van der Waals surface area contributed by atoms with Crippen LogP contribution in [0.4, 0.5) is 0 Å². The van der Waals surface area contributed by atoms with Crippen LogP contribution in [0.3, 0.4) is 0 Å². The normalized spacial score (nSPS) is 35.0. The van der Waals surface area contributed by atoms with Gasteiger partial charge in [-0.2, -0.15) is 0 Å². The predicted octanol–water partition coefficient (Wildman–Crippen LogP) is 6.36. The Morgan fingerprint density at radius 2 is 0.886 bits per heavy atom. The van der Waals surface area contributed by atoms with Gasteiger partial charge in [0.15, 0.2) is 0 Å². The van der Waals surface area contributed by atoms with E-state index in [4.69, 9.17) is 9.72 Å². The second-order valence-corrected chi connectivity index (χ2v) is 27.2. The van der Waals surface area contributed by atoms with Crippen molar-refractivity contribution in [3.05, 3.63) is 0 Å². The van der Waals surface area contributed by atoms with E-state index in [0.29, 0.717) is 0 Å². The molecule has 9 nitrogen and oxygen atoms in total. The summed E-state index contributed by atoms with van der Waals surface area (Å²) in [5.74, 6) is 1.80. The monoisotopic (exact) mass is 673 g/mol. The number of nitrogens with zero attached hydrogens (tertiary/aromatic N) is 7. The summed E-state index contributed by atoms with van der Waals surface area (Å²) in [6.07, 6.45) is 20.8. The van der Waals surface area contributed by atoms with E-state index < -0.39 is 23.6 Å². The molecule has 0 aromatic carbocycles. The molecule has 0 aromatic rings. The minimum atomic E-state index is -2.44. The van der Waals surface area contributed by atoms with Crippen molar-refractivity contribution in [3.8, 4) is 0 Å². The van der Waals surface area contributed by atoms with E-state index in [9.17, 15) is 0 Å². The summed E-state index contributed by atoms with van der Waals surface area (Å²) in [6.45, 7) is 20.4. The Morgan fingerprint density at radius 1 is 0.523 bits per heavy atom. The number of hydrogen-bond donors (Lipinski definition) is 2. The third-order valence-electron chi connectivity index (χ3n) is 13.1. The summed E-state index contributed by atoms with van der Waals surface area (Å²) in [5, 5.41) is 0. The summed E-state index contributed by atoms with van der Waals surface area (Å²) < 4.78 is 21.9. The van der Waals surface area contributed by atoms with Crippen LogP contribution in [0.25, 0.3) is 0 Å². The molecule has 0 saturated carbocycles. The van der Waals surface area contributed by atoms with Crippen LogP contribution in [0.15, 0.2) is 0 Å². The molecular weight excluding hydrogens is 603 g/mol. The molecular formula is C32H70N9P3. The topological polar surface area (TPSA) is 46.7 Å². The summed E-state index contributed by atoms with van der Waals surface area (Å²) >= 11 is 0. The van der Waals surface area contributed by atoms with E-state index in [1.165, 1.54) is 175 Å². The molecule has 0 bridgehead atoms. The fraction of sp³-hybridized carbons (Fsp3) is 1.00. The molecule has 7 aliphatic heterocycles. The first-order valence-electron chi connectivity index (χ1n) is 19.4.